The van der Waals surface area contributed by atoms with Crippen molar-refractivity contribution in [2.24, 2.45) is 7.05 Å². The van der Waals surface area contributed by atoms with E-state index in [4.69, 9.17) is 0 Å². The van der Waals surface area contributed by atoms with Crippen LogP contribution in [0, 0.1) is 0 Å². The number of anilines is 1. The molecule has 0 aliphatic rings. The minimum absolute atomic E-state index is 0.0859. The third-order valence-electron chi connectivity index (χ3n) is 2.79. The van der Waals surface area contributed by atoms with Crippen LogP contribution in [0.15, 0.2) is 47.5 Å². The van der Waals surface area contributed by atoms with Crippen molar-refractivity contribution in [2.75, 3.05) is 11.9 Å². The SMILES string of the molecule is Cn1ccnc(NCCCc2ccccc2)c1=O. The van der Waals surface area contributed by atoms with Crippen molar-refractivity contribution < 1.29 is 0 Å². The largest absolute Gasteiger partial charge is 0.365 e. The van der Waals surface area contributed by atoms with Crippen molar-refractivity contribution in [3.05, 3.63) is 58.6 Å². The monoisotopic (exact) mass is 243 g/mol. The number of benzene rings is 1. The van der Waals surface area contributed by atoms with E-state index in [1.54, 1.807) is 19.4 Å². The summed E-state index contributed by atoms with van der Waals surface area (Å²) in [7, 11) is 1.72. The highest BCUT2D eigenvalue weighted by Crippen LogP contribution is 2.02. The maximum Gasteiger partial charge on any atom is 0.293 e. The van der Waals surface area contributed by atoms with Crippen LogP contribution in [-0.4, -0.2) is 16.1 Å². The Balaban J connectivity index is 1.82. The summed E-state index contributed by atoms with van der Waals surface area (Å²) in [5.74, 6) is 0.424. The Labute approximate surface area is 106 Å². The van der Waals surface area contributed by atoms with Gasteiger partial charge in [-0.3, -0.25) is 4.79 Å². The summed E-state index contributed by atoms with van der Waals surface area (Å²) < 4.78 is 1.52. The maximum atomic E-state index is 11.7. The molecule has 0 saturated heterocycles. The van der Waals surface area contributed by atoms with Crippen molar-refractivity contribution in [1.82, 2.24) is 9.55 Å². The molecule has 0 fully saturated rings. The Bertz CT molecular complexity index is 548. The van der Waals surface area contributed by atoms with E-state index in [1.165, 1.54) is 10.1 Å². The van der Waals surface area contributed by atoms with Gasteiger partial charge in [0.1, 0.15) is 0 Å². The smallest absolute Gasteiger partial charge is 0.293 e. The second kappa shape index (κ2) is 6.00. The van der Waals surface area contributed by atoms with Crippen LogP contribution in [0.25, 0.3) is 0 Å². The van der Waals surface area contributed by atoms with Gasteiger partial charge in [0, 0.05) is 26.0 Å². The van der Waals surface area contributed by atoms with E-state index in [0.29, 0.717) is 5.82 Å². The highest BCUT2D eigenvalue weighted by Gasteiger charge is 2.00. The van der Waals surface area contributed by atoms with Gasteiger partial charge in [-0.2, -0.15) is 0 Å². The zero-order chi connectivity index (χ0) is 12.8. The van der Waals surface area contributed by atoms with E-state index >= 15 is 0 Å². The molecule has 0 atom stereocenters. The molecule has 1 N–H and O–H groups in total. The molecule has 0 saturated carbocycles. The van der Waals surface area contributed by atoms with Gasteiger partial charge in [0.05, 0.1) is 0 Å². The molecule has 0 spiro atoms. The molecule has 0 bridgehead atoms. The first-order valence-electron chi connectivity index (χ1n) is 6.07. The normalized spacial score (nSPS) is 10.3. The van der Waals surface area contributed by atoms with E-state index in [9.17, 15) is 4.79 Å². The third kappa shape index (κ3) is 3.20. The first-order chi connectivity index (χ1) is 8.77. The second-order valence-electron chi connectivity index (χ2n) is 4.21. The topological polar surface area (TPSA) is 46.9 Å². The minimum atomic E-state index is -0.0859. The van der Waals surface area contributed by atoms with Gasteiger partial charge in [-0.25, -0.2) is 4.98 Å². The van der Waals surface area contributed by atoms with Gasteiger partial charge in [-0.15, -0.1) is 0 Å². The summed E-state index contributed by atoms with van der Waals surface area (Å²) in [6.07, 6.45) is 5.25. The van der Waals surface area contributed by atoms with Gasteiger partial charge in [-0.1, -0.05) is 30.3 Å². The standard InChI is InChI=1S/C14H17N3O/c1-17-11-10-16-13(14(17)18)15-9-5-8-12-6-3-2-4-7-12/h2-4,6-7,10-11H,5,8-9H2,1H3,(H,15,16). The lowest BCUT2D eigenvalue weighted by Crippen LogP contribution is -2.22. The van der Waals surface area contributed by atoms with Crippen LogP contribution < -0.4 is 10.9 Å². The highest BCUT2D eigenvalue weighted by molar-refractivity contribution is 5.30. The van der Waals surface area contributed by atoms with E-state index in [1.807, 2.05) is 18.2 Å². The number of nitrogens with zero attached hydrogens (tertiary/aromatic N) is 2. The zero-order valence-corrected chi connectivity index (χ0v) is 10.5. The molecule has 0 unspecified atom stereocenters. The van der Waals surface area contributed by atoms with Gasteiger partial charge in [0.2, 0.25) is 0 Å². The minimum Gasteiger partial charge on any atom is -0.365 e. The van der Waals surface area contributed by atoms with Gasteiger partial charge in [0.25, 0.3) is 5.56 Å². The molecule has 0 aliphatic carbocycles. The number of nitrogens with one attached hydrogen (secondary N) is 1. The molecule has 0 radical (unpaired) electrons. The summed E-state index contributed by atoms with van der Waals surface area (Å²) in [4.78, 5) is 15.7. The number of hydrogen-bond donors (Lipinski definition) is 1. The molecule has 4 nitrogen and oxygen atoms in total. The quantitative estimate of drug-likeness (QED) is 0.815. The number of rotatable bonds is 5. The zero-order valence-electron chi connectivity index (χ0n) is 10.5. The number of aryl methyl sites for hydroxylation is 2. The molecular weight excluding hydrogens is 226 g/mol. The number of aromatic nitrogens is 2. The summed E-state index contributed by atoms with van der Waals surface area (Å²) >= 11 is 0. The second-order valence-corrected chi connectivity index (χ2v) is 4.21. The van der Waals surface area contributed by atoms with E-state index in [2.05, 4.69) is 22.4 Å². The summed E-state index contributed by atoms with van der Waals surface area (Å²) in [6, 6.07) is 10.3. The Morgan fingerprint density at radius 3 is 2.83 bits per heavy atom. The van der Waals surface area contributed by atoms with Gasteiger partial charge in [0.15, 0.2) is 5.82 Å². The average Bonchev–Trinajstić information content (AvgIpc) is 2.40. The van der Waals surface area contributed by atoms with Crippen molar-refractivity contribution in [2.45, 2.75) is 12.8 Å². The predicted molar refractivity (Wildman–Crippen MR) is 72.7 cm³/mol. The molecule has 0 aliphatic heterocycles. The summed E-state index contributed by atoms with van der Waals surface area (Å²) in [5, 5.41) is 3.08. The van der Waals surface area contributed by atoms with Crippen LogP contribution in [0.4, 0.5) is 5.82 Å². The fourth-order valence-corrected chi connectivity index (χ4v) is 1.76. The summed E-state index contributed by atoms with van der Waals surface area (Å²) in [6.45, 7) is 0.751. The molecule has 4 heteroatoms. The first-order valence-corrected chi connectivity index (χ1v) is 6.07. The molecule has 18 heavy (non-hydrogen) atoms. The van der Waals surface area contributed by atoms with Crippen molar-refractivity contribution in [3.8, 4) is 0 Å². The Hall–Kier alpha value is -2.10. The molecule has 2 rings (SSSR count). The first kappa shape index (κ1) is 12.4. The fraction of sp³-hybridized carbons (Fsp3) is 0.286. The maximum absolute atomic E-state index is 11.7. The van der Waals surface area contributed by atoms with Gasteiger partial charge < -0.3 is 9.88 Å². The van der Waals surface area contributed by atoms with Crippen molar-refractivity contribution in [3.63, 3.8) is 0 Å². The summed E-state index contributed by atoms with van der Waals surface area (Å²) in [5.41, 5.74) is 1.23. The van der Waals surface area contributed by atoms with Crippen LogP contribution in [0.3, 0.4) is 0 Å². The van der Waals surface area contributed by atoms with Crippen molar-refractivity contribution >= 4 is 5.82 Å². The van der Waals surface area contributed by atoms with Crippen LogP contribution >= 0.6 is 0 Å². The van der Waals surface area contributed by atoms with Gasteiger partial charge >= 0.3 is 0 Å². The lowest BCUT2D eigenvalue weighted by atomic mass is 10.1. The molecular formula is C14H17N3O. The molecule has 1 heterocycles. The average molecular weight is 243 g/mol. The highest BCUT2D eigenvalue weighted by atomic mass is 16.1. The number of hydrogen-bond acceptors (Lipinski definition) is 3. The Morgan fingerprint density at radius 2 is 2.06 bits per heavy atom. The van der Waals surface area contributed by atoms with Crippen LogP contribution in [0.2, 0.25) is 0 Å². The molecule has 2 aromatic rings. The fourth-order valence-electron chi connectivity index (χ4n) is 1.76. The Kier molecular flexibility index (Phi) is 4.12. The molecule has 94 valence electrons. The molecule has 1 aromatic carbocycles. The Morgan fingerprint density at radius 1 is 1.28 bits per heavy atom. The molecule has 1 aromatic heterocycles. The van der Waals surface area contributed by atoms with Crippen LogP contribution in [0.1, 0.15) is 12.0 Å². The molecule has 0 amide bonds. The predicted octanol–water partition coefficient (Wildman–Crippen LogP) is 1.82. The van der Waals surface area contributed by atoms with E-state index in [-0.39, 0.29) is 5.56 Å². The lowest BCUT2D eigenvalue weighted by Gasteiger charge is -2.06. The van der Waals surface area contributed by atoms with Crippen LogP contribution in [0.5, 0.6) is 0 Å². The van der Waals surface area contributed by atoms with Crippen LogP contribution in [-0.2, 0) is 13.5 Å². The van der Waals surface area contributed by atoms with Gasteiger partial charge in [-0.05, 0) is 18.4 Å². The van der Waals surface area contributed by atoms with E-state index in [0.717, 1.165) is 19.4 Å². The lowest BCUT2D eigenvalue weighted by molar-refractivity contribution is 0.821. The third-order valence-corrected chi connectivity index (χ3v) is 2.79. The van der Waals surface area contributed by atoms with Crippen molar-refractivity contribution in [1.29, 1.82) is 0 Å². The van der Waals surface area contributed by atoms with E-state index < -0.39 is 0 Å².